The first kappa shape index (κ1) is 21.3. The van der Waals surface area contributed by atoms with Gasteiger partial charge in [0.2, 0.25) is 0 Å². The molecule has 1 aromatic carbocycles. The molecule has 1 aliphatic rings. The van der Waals surface area contributed by atoms with E-state index in [9.17, 15) is 0 Å². The van der Waals surface area contributed by atoms with Crippen LogP contribution in [0, 0.1) is 0 Å². The van der Waals surface area contributed by atoms with Gasteiger partial charge in [-0.1, -0.05) is 12.1 Å². The van der Waals surface area contributed by atoms with E-state index in [1.165, 1.54) is 0 Å². The van der Waals surface area contributed by atoms with Crippen LogP contribution >= 0.6 is 24.0 Å². The number of piperazine rings is 1. The van der Waals surface area contributed by atoms with E-state index in [1.54, 1.807) is 7.11 Å². The van der Waals surface area contributed by atoms with Crippen LogP contribution in [0.1, 0.15) is 12.6 Å². The maximum absolute atomic E-state index is 5.50. The molecule has 27 heavy (non-hydrogen) atoms. The Bertz CT molecular complexity index is 739. The Kier molecular flexibility index (Phi) is 8.21. The van der Waals surface area contributed by atoms with Crippen LogP contribution in [-0.2, 0) is 13.6 Å². The third-order valence-electron chi connectivity index (χ3n) is 4.65. The normalized spacial score (nSPS) is 14.7. The molecule has 0 bridgehead atoms. The average molecular weight is 484 g/mol. The van der Waals surface area contributed by atoms with Crippen molar-refractivity contribution in [3.8, 4) is 5.75 Å². The average Bonchev–Trinajstić information content (AvgIpc) is 3.10. The summed E-state index contributed by atoms with van der Waals surface area (Å²) in [4.78, 5) is 9.50. The molecule has 0 unspecified atom stereocenters. The summed E-state index contributed by atoms with van der Waals surface area (Å²) < 4.78 is 7.37. The van der Waals surface area contributed by atoms with Crippen molar-refractivity contribution >= 4 is 35.6 Å². The molecule has 0 atom stereocenters. The number of nitrogens with zero attached hydrogens (tertiary/aromatic N) is 5. The number of aliphatic imine (C=N–C) groups is 1. The predicted molar refractivity (Wildman–Crippen MR) is 120 cm³/mol. The minimum absolute atomic E-state index is 0. The molecule has 0 spiro atoms. The van der Waals surface area contributed by atoms with Gasteiger partial charge in [-0.3, -0.25) is 4.68 Å². The number of guanidine groups is 1. The molecular weight excluding hydrogens is 455 g/mol. The number of nitrogens with one attached hydrogen (secondary N) is 1. The van der Waals surface area contributed by atoms with Crippen LogP contribution in [0.4, 0.5) is 5.69 Å². The SMILES string of the molecule is CCNC(=NCc1ccnn1C)N1CCN(c2ccccc2OC)CC1.I. The number of hydrogen-bond donors (Lipinski definition) is 1. The highest BCUT2D eigenvalue weighted by Gasteiger charge is 2.21. The van der Waals surface area contributed by atoms with Gasteiger partial charge < -0.3 is 19.9 Å². The van der Waals surface area contributed by atoms with Crippen LogP contribution in [0.15, 0.2) is 41.5 Å². The highest BCUT2D eigenvalue weighted by atomic mass is 127. The zero-order chi connectivity index (χ0) is 18.4. The van der Waals surface area contributed by atoms with Crippen LogP contribution in [0.2, 0.25) is 0 Å². The van der Waals surface area contributed by atoms with Crippen LogP contribution in [0.25, 0.3) is 0 Å². The van der Waals surface area contributed by atoms with Crippen molar-refractivity contribution in [1.29, 1.82) is 0 Å². The Morgan fingerprint density at radius 2 is 1.93 bits per heavy atom. The van der Waals surface area contributed by atoms with E-state index < -0.39 is 0 Å². The Morgan fingerprint density at radius 3 is 2.56 bits per heavy atom. The molecule has 3 rings (SSSR count). The lowest BCUT2D eigenvalue weighted by Crippen LogP contribution is -2.52. The number of para-hydroxylation sites is 2. The lowest BCUT2D eigenvalue weighted by Gasteiger charge is -2.38. The summed E-state index contributed by atoms with van der Waals surface area (Å²) in [5.74, 6) is 1.89. The van der Waals surface area contributed by atoms with Gasteiger partial charge in [-0.2, -0.15) is 5.10 Å². The van der Waals surface area contributed by atoms with Crippen molar-refractivity contribution in [2.24, 2.45) is 12.0 Å². The van der Waals surface area contributed by atoms with Crippen molar-refractivity contribution in [2.75, 3.05) is 44.7 Å². The highest BCUT2D eigenvalue weighted by molar-refractivity contribution is 14.0. The Balaban J connectivity index is 0.00000261. The van der Waals surface area contributed by atoms with Crippen molar-refractivity contribution in [3.05, 3.63) is 42.2 Å². The van der Waals surface area contributed by atoms with E-state index in [-0.39, 0.29) is 24.0 Å². The molecule has 0 aliphatic carbocycles. The van der Waals surface area contributed by atoms with Crippen molar-refractivity contribution in [2.45, 2.75) is 13.5 Å². The molecular formula is C19H29IN6O. The summed E-state index contributed by atoms with van der Waals surface area (Å²) in [5.41, 5.74) is 2.26. The smallest absolute Gasteiger partial charge is 0.194 e. The van der Waals surface area contributed by atoms with Gasteiger partial charge in [0.05, 0.1) is 25.0 Å². The molecule has 148 valence electrons. The summed E-state index contributed by atoms with van der Waals surface area (Å²) in [5, 5.41) is 7.62. The maximum atomic E-state index is 5.50. The molecule has 1 aliphatic heterocycles. The van der Waals surface area contributed by atoms with Gasteiger partial charge in [0.25, 0.3) is 0 Å². The minimum Gasteiger partial charge on any atom is -0.495 e. The number of anilines is 1. The highest BCUT2D eigenvalue weighted by Crippen LogP contribution is 2.28. The zero-order valence-corrected chi connectivity index (χ0v) is 18.6. The van der Waals surface area contributed by atoms with E-state index in [2.05, 4.69) is 39.3 Å². The molecule has 8 heteroatoms. The fourth-order valence-electron chi connectivity index (χ4n) is 3.19. The lowest BCUT2D eigenvalue weighted by atomic mass is 10.2. The molecule has 2 aromatic rings. The molecule has 1 aromatic heterocycles. The van der Waals surface area contributed by atoms with Crippen LogP contribution in [0.5, 0.6) is 5.75 Å². The number of methoxy groups -OCH3 is 1. The number of hydrogen-bond acceptors (Lipinski definition) is 4. The molecule has 2 heterocycles. The second-order valence-corrected chi connectivity index (χ2v) is 6.26. The van der Waals surface area contributed by atoms with Gasteiger partial charge in [0.1, 0.15) is 5.75 Å². The van der Waals surface area contributed by atoms with Crippen molar-refractivity contribution in [1.82, 2.24) is 20.0 Å². The first-order valence-electron chi connectivity index (χ1n) is 9.11. The van der Waals surface area contributed by atoms with E-state index in [4.69, 9.17) is 9.73 Å². The summed E-state index contributed by atoms with van der Waals surface area (Å²) in [6.07, 6.45) is 1.81. The maximum Gasteiger partial charge on any atom is 0.194 e. The summed E-state index contributed by atoms with van der Waals surface area (Å²) in [6, 6.07) is 10.2. The monoisotopic (exact) mass is 484 g/mol. The summed E-state index contributed by atoms with van der Waals surface area (Å²) in [6.45, 7) is 7.32. The van der Waals surface area contributed by atoms with E-state index >= 15 is 0 Å². The van der Waals surface area contributed by atoms with Crippen molar-refractivity contribution < 1.29 is 4.74 Å². The van der Waals surface area contributed by atoms with E-state index in [0.717, 1.165) is 55.8 Å². The molecule has 1 fully saturated rings. The third kappa shape index (κ3) is 5.27. The topological polar surface area (TPSA) is 57.9 Å². The van der Waals surface area contributed by atoms with Gasteiger partial charge >= 0.3 is 0 Å². The predicted octanol–water partition coefficient (Wildman–Crippen LogP) is 2.33. The minimum atomic E-state index is 0. The van der Waals surface area contributed by atoms with Gasteiger partial charge in [0, 0.05) is 46.0 Å². The van der Waals surface area contributed by atoms with Crippen LogP contribution in [-0.4, -0.2) is 60.5 Å². The summed E-state index contributed by atoms with van der Waals surface area (Å²) in [7, 11) is 3.67. The van der Waals surface area contributed by atoms with Gasteiger partial charge in [0.15, 0.2) is 5.96 Å². The Labute approximate surface area is 178 Å². The number of aromatic nitrogens is 2. The lowest BCUT2D eigenvalue weighted by molar-refractivity contribution is 0.367. The molecule has 0 amide bonds. The fourth-order valence-corrected chi connectivity index (χ4v) is 3.19. The van der Waals surface area contributed by atoms with Gasteiger partial charge in [-0.25, -0.2) is 4.99 Å². The molecule has 1 N–H and O–H groups in total. The first-order valence-corrected chi connectivity index (χ1v) is 9.11. The molecule has 0 radical (unpaired) electrons. The number of ether oxygens (including phenoxy) is 1. The van der Waals surface area contributed by atoms with E-state index in [0.29, 0.717) is 6.54 Å². The number of benzene rings is 1. The standard InChI is InChI=1S/C19H28N6O.HI/c1-4-20-19(21-15-16-9-10-22-23(16)2)25-13-11-24(12-14-25)17-7-5-6-8-18(17)26-3;/h5-10H,4,11-15H2,1-3H3,(H,20,21);1H. The molecule has 7 nitrogen and oxygen atoms in total. The Hall–Kier alpha value is -1.97. The second-order valence-electron chi connectivity index (χ2n) is 6.26. The van der Waals surface area contributed by atoms with Crippen LogP contribution in [0.3, 0.4) is 0 Å². The second kappa shape index (κ2) is 10.4. The number of rotatable bonds is 5. The van der Waals surface area contributed by atoms with Crippen molar-refractivity contribution in [3.63, 3.8) is 0 Å². The molecule has 1 saturated heterocycles. The number of halogens is 1. The zero-order valence-electron chi connectivity index (χ0n) is 16.3. The van der Waals surface area contributed by atoms with E-state index in [1.807, 2.05) is 36.1 Å². The number of aryl methyl sites for hydroxylation is 1. The summed E-state index contributed by atoms with van der Waals surface area (Å²) >= 11 is 0. The largest absolute Gasteiger partial charge is 0.495 e. The van der Waals surface area contributed by atoms with Gasteiger partial charge in [-0.15, -0.1) is 24.0 Å². The molecule has 0 saturated carbocycles. The Morgan fingerprint density at radius 1 is 1.19 bits per heavy atom. The fraction of sp³-hybridized carbons (Fsp3) is 0.474. The van der Waals surface area contributed by atoms with Crippen LogP contribution < -0.4 is 15.0 Å². The third-order valence-corrected chi connectivity index (χ3v) is 4.65. The van der Waals surface area contributed by atoms with Gasteiger partial charge in [-0.05, 0) is 25.1 Å². The quantitative estimate of drug-likeness (QED) is 0.401. The first-order chi connectivity index (χ1) is 12.7.